The summed E-state index contributed by atoms with van der Waals surface area (Å²) in [4.78, 5) is 13.6. The van der Waals surface area contributed by atoms with Crippen LogP contribution in [0.2, 0.25) is 0 Å². The maximum absolute atomic E-state index is 11.8. The number of morpholine rings is 1. The first-order valence-corrected chi connectivity index (χ1v) is 4.92. The predicted molar refractivity (Wildman–Crippen MR) is 56.0 cm³/mol. The van der Waals surface area contributed by atoms with Crippen molar-refractivity contribution in [1.82, 2.24) is 4.90 Å². The molecule has 0 saturated carbocycles. The highest BCUT2D eigenvalue weighted by molar-refractivity contribution is 5.93. The van der Waals surface area contributed by atoms with E-state index in [0.29, 0.717) is 26.3 Å². The summed E-state index contributed by atoms with van der Waals surface area (Å²) >= 11 is 0. The summed E-state index contributed by atoms with van der Waals surface area (Å²) in [5.74, 6) is 0.117. The Morgan fingerprint density at radius 2 is 2.00 bits per heavy atom. The van der Waals surface area contributed by atoms with Crippen molar-refractivity contribution in [2.75, 3.05) is 26.3 Å². The molecule has 1 aliphatic heterocycles. The van der Waals surface area contributed by atoms with Crippen LogP contribution in [-0.2, 0) is 9.53 Å². The Labute approximate surface area is 85.0 Å². The van der Waals surface area contributed by atoms with Crippen LogP contribution < -0.4 is 0 Å². The van der Waals surface area contributed by atoms with Gasteiger partial charge in [-0.1, -0.05) is 18.2 Å². The molecule has 0 N–H and O–H groups in total. The van der Waals surface area contributed by atoms with Crippen LogP contribution in [0.15, 0.2) is 23.8 Å². The van der Waals surface area contributed by atoms with Gasteiger partial charge in [-0.15, -0.1) is 0 Å². The fourth-order valence-corrected chi connectivity index (χ4v) is 1.33. The molecule has 0 unspecified atom stereocenters. The number of carbonyl (C=O) groups is 1. The second-order valence-corrected chi connectivity index (χ2v) is 3.28. The third kappa shape index (κ3) is 3.00. The molecular weight excluding hydrogens is 178 g/mol. The van der Waals surface area contributed by atoms with Crippen molar-refractivity contribution in [2.45, 2.75) is 13.8 Å². The molecule has 0 atom stereocenters. The summed E-state index contributed by atoms with van der Waals surface area (Å²) in [5, 5.41) is 0. The second kappa shape index (κ2) is 5.60. The maximum Gasteiger partial charge on any atom is 0.249 e. The lowest BCUT2D eigenvalue weighted by molar-refractivity contribution is -0.131. The van der Waals surface area contributed by atoms with Gasteiger partial charge in [0.15, 0.2) is 0 Å². The molecule has 0 spiro atoms. The van der Waals surface area contributed by atoms with Gasteiger partial charge in [-0.2, -0.15) is 0 Å². The van der Waals surface area contributed by atoms with Gasteiger partial charge in [0.25, 0.3) is 0 Å². The average Bonchev–Trinajstić information content (AvgIpc) is 2.26. The first-order chi connectivity index (χ1) is 6.75. The maximum atomic E-state index is 11.8. The van der Waals surface area contributed by atoms with Crippen molar-refractivity contribution in [3.05, 3.63) is 23.8 Å². The smallest absolute Gasteiger partial charge is 0.249 e. The minimum Gasteiger partial charge on any atom is -0.378 e. The number of ether oxygens (including phenoxy) is 1. The summed E-state index contributed by atoms with van der Waals surface area (Å²) in [5.41, 5.74) is 0.782. The molecule has 0 aromatic carbocycles. The molecule has 3 heteroatoms. The van der Waals surface area contributed by atoms with Crippen LogP contribution in [0, 0.1) is 0 Å². The Morgan fingerprint density at radius 1 is 1.36 bits per heavy atom. The van der Waals surface area contributed by atoms with Crippen LogP contribution in [0.25, 0.3) is 0 Å². The zero-order valence-corrected chi connectivity index (χ0v) is 8.82. The third-order valence-electron chi connectivity index (χ3n) is 2.17. The average molecular weight is 195 g/mol. The standard InChI is InChI=1S/C11H17NO2/c1-3-4-5-10(2)11(13)12-6-8-14-9-7-12/h3-5H,6-9H2,1-2H3/b4-3-,10-5+. The van der Waals surface area contributed by atoms with E-state index < -0.39 is 0 Å². The molecule has 1 saturated heterocycles. The summed E-state index contributed by atoms with van der Waals surface area (Å²) in [7, 11) is 0. The van der Waals surface area contributed by atoms with Gasteiger partial charge in [-0.25, -0.2) is 0 Å². The monoisotopic (exact) mass is 195 g/mol. The molecule has 78 valence electrons. The lowest BCUT2D eigenvalue weighted by atomic mass is 10.2. The fraction of sp³-hybridized carbons (Fsp3) is 0.545. The van der Waals surface area contributed by atoms with Crippen LogP contribution >= 0.6 is 0 Å². The number of amides is 1. The first kappa shape index (κ1) is 11.0. The molecule has 3 nitrogen and oxygen atoms in total. The minimum absolute atomic E-state index is 0.117. The van der Waals surface area contributed by atoms with E-state index in [2.05, 4.69) is 0 Å². The van der Waals surface area contributed by atoms with Crippen LogP contribution in [0.1, 0.15) is 13.8 Å². The second-order valence-electron chi connectivity index (χ2n) is 3.28. The van der Waals surface area contributed by atoms with Gasteiger partial charge < -0.3 is 9.64 Å². The summed E-state index contributed by atoms with van der Waals surface area (Å²) in [6.45, 7) is 6.51. The number of hydrogen-bond acceptors (Lipinski definition) is 2. The molecule has 0 bridgehead atoms. The summed E-state index contributed by atoms with van der Waals surface area (Å²) < 4.78 is 5.18. The molecular formula is C11H17NO2. The Bertz CT molecular complexity index is 250. The van der Waals surface area contributed by atoms with Crippen molar-refractivity contribution in [1.29, 1.82) is 0 Å². The molecule has 1 amide bonds. The molecule has 14 heavy (non-hydrogen) atoms. The molecule has 0 aliphatic carbocycles. The number of nitrogens with zero attached hydrogens (tertiary/aromatic N) is 1. The fourth-order valence-electron chi connectivity index (χ4n) is 1.33. The SMILES string of the molecule is C/C=C\C=C(/C)C(=O)N1CCOCC1. The van der Waals surface area contributed by atoms with E-state index >= 15 is 0 Å². The highest BCUT2D eigenvalue weighted by atomic mass is 16.5. The molecule has 0 aromatic heterocycles. The van der Waals surface area contributed by atoms with Crippen molar-refractivity contribution in [3.8, 4) is 0 Å². The predicted octanol–water partition coefficient (Wildman–Crippen LogP) is 1.37. The number of carbonyl (C=O) groups excluding carboxylic acids is 1. The van der Waals surface area contributed by atoms with Gasteiger partial charge in [0, 0.05) is 18.7 Å². The van der Waals surface area contributed by atoms with Gasteiger partial charge in [0.2, 0.25) is 5.91 Å². The van der Waals surface area contributed by atoms with E-state index in [0.717, 1.165) is 5.57 Å². The molecule has 1 rings (SSSR count). The minimum atomic E-state index is 0.117. The normalized spacial score (nSPS) is 19.0. The van der Waals surface area contributed by atoms with Gasteiger partial charge in [0.1, 0.15) is 0 Å². The van der Waals surface area contributed by atoms with Gasteiger partial charge in [0.05, 0.1) is 13.2 Å². The van der Waals surface area contributed by atoms with E-state index in [1.807, 2.05) is 37.0 Å². The van der Waals surface area contributed by atoms with E-state index in [1.54, 1.807) is 0 Å². The molecule has 1 aliphatic rings. The molecule has 1 fully saturated rings. The lowest BCUT2D eigenvalue weighted by Crippen LogP contribution is -2.41. The van der Waals surface area contributed by atoms with Gasteiger partial charge >= 0.3 is 0 Å². The summed E-state index contributed by atoms with van der Waals surface area (Å²) in [6, 6.07) is 0. The van der Waals surface area contributed by atoms with Crippen LogP contribution in [0.3, 0.4) is 0 Å². The van der Waals surface area contributed by atoms with Gasteiger partial charge in [-0.05, 0) is 13.8 Å². The largest absolute Gasteiger partial charge is 0.378 e. The molecule has 1 heterocycles. The topological polar surface area (TPSA) is 29.5 Å². The van der Waals surface area contributed by atoms with Gasteiger partial charge in [-0.3, -0.25) is 4.79 Å². The quantitative estimate of drug-likeness (QED) is 0.492. The molecule has 0 radical (unpaired) electrons. The Morgan fingerprint density at radius 3 is 2.57 bits per heavy atom. The summed E-state index contributed by atoms with van der Waals surface area (Å²) in [6.07, 6.45) is 5.64. The Hall–Kier alpha value is -1.09. The highest BCUT2D eigenvalue weighted by Gasteiger charge is 2.17. The highest BCUT2D eigenvalue weighted by Crippen LogP contribution is 2.04. The van der Waals surface area contributed by atoms with Crippen molar-refractivity contribution in [2.24, 2.45) is 0 Å². The number of rotatable bonds is 2. The Balaban J connectivity index is 2.54. The van der Waals surface area contributed by atoms with Crippen molar-refractivity contribution >= 4 is 5.91 Å². The van der Waals surface area contributed by atoms with Crippen molar-refractivity contribution in [3.63, 3.8) is 0 Å². The zero-order chi connectivity index (χ0) is 10.4. The van der Waals surface area contributed by atoms with Crippen LogP contribution in [0.5, 0.6) is 0 Å². The third-order valence-corrected chi connectivity index (χ3v) is 2.17. The van der Waals surface area contributed by atoms with E-state index in [1.165, 1.54) is 0 Å². The molecule has 0 aromatic rings. The lowest BCUT2D eigenvalue weighted by Gasteiger charge is -2.26. The zero-order valence-electron chi connectivity index (χ0n) is 8.82. The number of hydrogen-bond donors (Lipinski definition) is 0. The first-order valence-electron chi connectivity index (χ1n) is 4.92. The van der Waals surface area contributed by atoms with E-state index in [4.69, 9.17) is 4.74 Å². The van der Waals surface area contributed by atoms with Crippen molar-refractivity contribution < 1.29 is 9.53 Å². The van der Waals surface area contributed by atoms with Crippen LogP contribution in [-0.4, -0.2) is 37.1 Å². The van der Waals surface area contributed by atoms with E-state index in [-0.39, 0.29) is 5.91 Å². The van der Waals surface area contributed by atoms with E-state index in [9.17, 15) is 4.79 Å². The van der Waals surface area contributed by atoms with Crippen LogP contribution in [0.4, 0.5) is 0 Å². The Kier molecular flexibility index (Phi) is 4.40. The number of allylic oxidation sites excluding steroid dienone is 3.